The highest BCUT2D eigenvalue weighted by Gasteiger charge is 2.36. The van der Waals surface area contributed by atoms with E-state index < -0.39 is 17.4 Å². The number of rotatable bonds is 4. The van der Waals surface area contributed by atoms with Crippen molar-refractivity contribution in [3.63, 3.8) is 0 Å². The van der Waals surface area contributed by atoms with Gasteiger partial charge >= 0.3 is 6.03 Å². The topological polar surface area (TPSA) is 108 Å². The molecule has 1 unspecified atom stereocenters. The summed E-state index contributed by atoms with van der Waals surface area (Å²) in [7, 11) is 1.55. The lowest BCUT2D eigenvalue weighted by Gasteiger charge is -2.33. The molecular weight excluding hydrogens is 432 g/mol. The lowest BCUT2D eigenvalue weighted by molar-refractivity contribution is -0.124. The van der Waals surface area contributed by atoms with Gasteiger partial charge in [-0.2, -0.15) is 0 Å². The van der Waals surface area contributed by atoms with E-state index in [1.165, 1.54) is 0 Å². The summed E-state index contributed by atoms with van der Waals surface area (Å²) >= 11 is 0. The van der Waals surface area contributed by atoms with Crippen LogP contribution in [0.25, 0.3) is 11.4 Å². The number of aromatic nitrogens is 2. The second-order valence-electron chi connectivity index (χ2n) is 10.7. The van der Waals surface area contributed by atoms with Crippen molar-refractivity contribution >= 4 is 17.8 Å². The third kappa shape index (κ3) is 5.58. The Morgan fingerprint density at radius 3 is 2.21 bits per heavy atom. The fraction of sp³-hybridized carbons (Fsp3) is 0.520. The van der Waals surface area contributed by atoms with E-state index in [9.17, 15) is 14.4 Å². The van der Waals surface area contributed by atoms with Crippen LogP contribution in [0.15, 0.2) is 30.3 Å². The number of likely N-dealkylation sites (N-methyl/N-ethyl adjacent to an activating group) is 1. The van der Waals surface area contributed by atoms with Crippen molar-refractivity contribution in [3.05, 3.63) is 41.7 Å². The maximum absolute atomic E-state index is 13.5. The SMILES string of the molecule is CNC(=O)C(NC(=O)c1nc(-c2ccccc2)n2c1CN(C(=O)NC(C)(C)C)CC2)C(C)(C)C. The minimum Gasteiger partial charge on any atom is -0.357 e. The molecule has 3 rings (SSSR count). The van der Waals surface area contributed by atoms with Crippen LogP contribution in [0, 0.1) is 5.41 Å². The first-order valence-electron chi connectivity index (χ1n) is 11.6. The molecule has 2 aromatic rings. The summed E-state index contributed by atoms with van der Waals surface area (Å²) in [6.45, 7) is 12.7. The number of benzene rings is 1. The number of fused-ring (bicyclic) bond motifs is 1. The maximum atomic E-state index is 13.5. The van der Waals surface area contributed by atoms with Gasteiger partial charge in [0, 0.05) is 31.2 Å². The van der Waals surface area contributed by atoms with Crippen molar-refractivity contribution in [2.75, 3.05) is 13.6 Å². The molecule has 0 saturated carbocycles. The summed E-state index contributed by atoms with van der Waals surface area (Å²) in [6.07, 6.45) is 0. The van der Waals surface area contributed by atoms with Crippen molar-refractivity contribution < 1.29 is 14.4 Å². The quantitative estimate of drug-likeness (QED) is 0.641. The summed E-state index contributed by atoms with van der Waals surface area (Å²) in [6, 6.07) is 8.72. The molecule has 34 heavy (non-hydrogen) atoms. The fourth-order valence-electron chi connectivity index (χ4n) is 3.95. The van der Waals surface area contributed by atoms with E-state index in [1.807, 2.05) is 76.4 Å². The molecule has 184 valence electrons. The molecule has 0 fully saturated rings. The van der Waals surface area contributed by atoms with Gasteiger partial charge < -0.3 is 25.4 Å². The number of imidazole rings is 1. The molecule has 0 spiro atoms. The van der Waals surface area contributed by atoms with Crippen LogP contribution in [0.2, 0.25) is 0 Å². The Morgan fingerprint density at radius 2 is 1.65 bits per heavy atom. The third-order valence-electron chi connectivity index (χ3n) is 5.67. The maximum Gasteiger partial charge on any atom is 0.318 e. The zero-order valence-corrected chi connectivity index (χ0v) is 21.2. The fourth-order valence-corrected chi connectivity index (χ4v) is 3.95. The molecule has 0 bridgehead atoms. The Balaban J connectivity index is 2.00. The number of carbonyl (C=O) groups is 3. The molecule has 2 heterocycles. The van der Waals surface area contributed by atoms with Gasteiger partial charge in [-0.3, -0.25) is 9.59 Å². The lowest BCUT2D eigenvalue weighted by Crippen LogP contribution is -2.53. The van der Waals surface area contributed by atoms with Gasteiger partial charge in [-0.15, -0.1) is 0 Å². The highest BCUT2D eigenvalue weighted by molar-refractivity contribution is 5.98. The Kier molecular flexibility index (Phi) is 7.05. The van der Waals surface area contributed by atoms with Crippen LogP contribution < -0.4 is 16.0 Å². The third-order valence-corrected chi connectivity index (χ3v) is 5.67. The van der Waals surface area contributed by atoms with Gasteiger partial charge in [-0.25, -0.2) is 9.78 Å². The highest BCUT2D eigenvalue weighted by Crippen LogP contribution is 2.27. The molecule has 1 aliphatic heterocycles. The van der Waals surface area contributed by atoms with Crippen LogP contribution in [0.3, 0.4) is 0 Å². The predicted molar refractivity (Wildman–Crippen MR) is 131 cm³/mol. The minimum absolute atomic E-state index is 0.189. The van der Waals surface area contributed by atoms with Crippen LogP contribution in [-0.2, 0) is 17.9 Å². The zero-order valence-electron chi connectivity index (χ0n) is 21.2. The monoisotopic (exact) mass is 468 g/mol. The van der Waals surface area contributed by atoms with Crippen molar-refractivity contribution in [1.82, 2.24) is 30.4 Å². The summed E-state index contributed by atoms with van der Waals surface area (Å²) in [5, 5.41) is 8.49. The number of nitrogens with zero attached hydrogens (tertiary/aromatic N) is 3. The number of hydrogen-bond donors (Lipinski definition) is 3. The number of urea groups is 1. The van der Waals surface area contributed by atoms with Crippen LogP contribution >= 0.6 is 0 Å². The van der Waals surface area contributed by atoms with E-state index >= 15 is 0 Å². The van der Waals surface area contributed by atoms with Crippen LogP contribution in [0.1, 0.15) is 57.7 Å². The minimum atomic E-state index is -0.744. The molecule has 4 amide bonds. The van der Waals surface area contributed by atoms with Crippen LogP contribution in [-0.4, -0.2) is 57.5 Å². The average molecular weight is 469 g/mol. The molecule has 3 N–H and O–H groups in total. The molecular formula is C25H36N6O3. The second kappa shape index (κ2) is 9.48. The summed E-state index contributed by atoms with van der Waals surface area (Å²) in [5.41, 5.74) is 0.879. The first kappa shape index (κ1) is 25.3. The Hall–Kier alpha value is -3.36. The molecule has 1 atom stereocenters. The molecule has 0 radical (unpaired) electrons. The number of carbonyl (C=O) groups excluding carboxylic acids is 3. The van der Waals surface area contributed by atoms with Crippen molar-refractivity contribution in [2.45, 2.75) is 66.2 Å². The summed E-state index contributed by atoms with van der Waals surface area (Å²) < 4.78 is 2.00. The predicted octanol–water partition coefficient (Wildman–Crippen LogP) is 2.76. The van der Waals surface area contributed by atoms with Gasteiger partial charge in [0.15, 0.2) is 5.69 Å². The first-order valence-corrected chi connectivity index (χ1v) is 11.6. The standard InChI is InChI=1S/C25H36N6O3/c1-24(2,3)19(22(33)26-7)28-21(32)18-17-15-30(23(34)29-25(4,5)6)13-14-31(17)20(27-18)16-11-9-8-10-12-16/h8-12,19H,13-15H2,1-7H3,(H,26,33)(H,28,32)(H,29,34). The number of hydrogen-bond acceptors (Lipinski definition) is 4. The molecule has 1 aliphatic rings. The summed E-state index contributed by atoms with van der Waals surface area (Å²) in [5.74, 6) is -0.0418. The number of nitrogens with one attached hydrogen (secondary N) is 3. The summed E-state index contributed by atoms with van der Waals surface area (Å²) in [4.78, 5) is 45.2. The lowest BCUT2D eigenvalue weighted by atomic mass is 9.86. The van der Waals surface area contributed by atoms with E-state index in [-0.39, 0.29) is 29.7 Å². The second-order valence-corrected chi connectivity index (χ2v) is 10.7. The Bertz CT molecular complexity index is 1060. The molecule has 1 aromatic carbocycles. The largest absolute Gasteiger partial charge is 0.357 e. The van der Waals surface area contributed by atoms with E-state index in [0.29, 0.717) is 24.6 Å². The average Bonchev–Trinajstić information content (AvgIpc) is 3.14. The van der Waals surface area contributed by atoms with Gasteiger partial charge in [-0.05, 0) is 26.2 Å². The van der Waals surface area contributed by atoms with Gasteiger partial charge in [0.05, 0.1) is 12.2 Å². The van der Waals surface area contributed by atoms with Gasteiger partial charge in [-0.1, -0.05) is 51.1 Å². The van der Waals surface area contributed by atoms with Gasteiger partial charge in [0.2, 0.25) is 5.91 Å². The van der Waals surface area contributed by atoms with E-state index in [4.69, 9.17) is 4.98 Å². The van der Waals surface area contributed by atoms with E-state index in [0.717, 1.165) is 5.56 Å². The van der Waals surface area contributed by atoms with Gasteiger partial charge in [0.1, 0.15) is 11.9 Å². The Labute approximate surface area is 201 Å². The van der Waals surface area contributed by atoms with Crippen molar-refractivity contribution in [1.29, 1.82) is 0 Å². The van der Waals surface area contributed by atoms with Crippen LogP contribution in [0.5, 0.6) is 0 Å². The molecule has 9 nitrogen and oxygen atoms in total. The van der Waals surface area contributed by atoms with Crippen LogP contribution in [0.4, 0.5) is 4.79 Å². The molecule has 1 aromatic heterocycles. The highest BCUT2D eigenvalue weighted by atomic mass is 16.2. The van der Waals surface area contributed by atoms with Gasteiger partial charge in [0.25, 0.3) is 5.91 Å². The first-order chi connectivity index (χ1) is 15.8. The van der Waals surface area contributed by atoms with E-state index in [2.05, 4.69) is 16.0 Å². The zero-order chi connectivity index (χ0) is 25.3. The smallest absolute Gasteiger partial charge is 0.318 e. The Morgan fingerprint density at radius 1 is 1.00 bits per heavy atom. The number of amides is 4. The van der Waals surface area contributed by atoms with E-state index in [1.54, 1.807) is 11.9 Å². The molecule has 0 aliphatic carbocycles. The van der Waals surface area contributed by atoms with Crippen molar-refractivity contribution in [3.8, 4) is 11.4 Å². The molecule has 9 heteroatoms. The molecule has 0 saturated heterocycles. The van der Waals surface area contributed by atoms with Crippen molar-refractivity contribution in [2.24, 2.45) is 5.41 Å². The normalized spacial score (nSPS) is 14.7.